The summed E-state index contributed by atoms with van der Waals surface area (Å²) in [6.07, 6.45) is 7.31. The average molecular weight is 496 g/mol. The molecular weight excluding hydrogens is 450 g/mol. The Kier molecular flexibility index (Phi) is 12.5. The molecule has 0 aliphatic heterocycles. The largest absolute Gasteiger partial charge is 0.426 e. The lowest BCUT2D eigenvalue weighted by Gasteiger charge is -2.12. The highest BCUT2D eigenvalue weighted by atomic mass is 16.6. The predicted molar refractivity (Wildman–Crippen MR) is 147 cm³/mol. The third kappa shape index (κ3) is 10.4. The molecule has 0 aliphatic rings. The zero-order chi connectivity index (χ0) is 26.5. The Labute approximate surface area is 218 Å². The Morgan fingerprint density at radius 2 is 1.17 bits per heavy atom. The lowest BCUT2D eigenvalue weighted by atomic mass is 10.0. The number of rotatable bonds is 14. The van der Waals surface area contributed by atoms with Crippen LogP contribution in [0.15, 0.2) is 36.4 Å². The first-order chi connectivity index (χ1) is 17.2. The van der Waals surface area contributed by atoms with E-state index in [-0.39, 0.29) is 5.97 Å². The molecule has 2 aromatic carbocycles. The maximum Gasteiger partial charge on any atom is 0.412 e. The van der Waals surface area contributed by atoms with E-state index in [1.54, 1.807) is 0 Å². The Morgan fingerprint density at radius 1 is 0.694 bits per heavy atom. The van der Waals surface area contributed by atoms with Gasteiger partial charge in [-0.15, -0.1) is 0 Å². The Balaban J connectivity index is 1.51. The Bertz CT molecular complexity index is 901. The molecule has 0 saturated heterocycles. The standard InChI is InChI=1S/C31H45NO4/c1-22(2)26-17-15-24(5)28(20-26)35-30(33)14-12-10-8-7-9-11-13-19-32-31(34)36-29-21-27(23(3)4)18-16-25(29)6/h15-18,20-23H,7-14,19H2,1-6H3,(H,32,34). The van der Waals surface area contributed by atoms with Crippen molar-refractivity contribution in [2.24, 2.45) is 0 Å². The molecule has 0 radical (unpaired) electrons. The molecule has 0 aliphatic carbocycles. The van der Waals surface area contributed by atoms with Crippen molar-refractivity contribution in [2.45, 2.75) is 105 Å². The topological polar surface area (TPSA) is 64.6 Å². The fourth-order valence-electron chi connectivity index (χ4n) is 3.95. The summed E-state index contributed by atoms with van der Waals surface area (Å²) in [7, 11) is 0. The minimum atomic E-state index is -0.392. The third-order valence-corrected chi connectivity index (χ3v) is 6.51. The second kappa shape index (κ2) is 15.3. The van der Waals surface area contributed by atoms with Gasteiger partial charge in [-0.25, -0.2) is 4.79 Å². The fraction of sp³-hybridized carbons (Fsp3) is 0.548. The van der Waals surface area contributed by atoms with Gasteiger partial charge in [-0.1, -0.05) is 84.1 Å². The molecule has 0 atom stereocenters. The van der Waals surface area contributed by atoms with Crippen molar-refractivity contribution < 1.29 is 19.1 Å². The van der Waals surface area contributed by atoms with Gasteiger partial charge in [0.1, 0.15) is 11.5 Å². The van der Waals surface area contributed by atoms with Crippen LogP contribution in [-0.2, 0) is 4.79 Å². The number of amides is 1. The minimum Gasteiger partial charge on any atom is -0.426 e. The summed E-state index contributed by atoms with van der Waals surface area (Å²) < 4.78 is 11.1. The van der Waals surface area contributed by atoms with Crippen LogP contribution in [0.25, 0.3) is 0 Å². The number of carbonyl (C=O) groups is 2. The zero-order valence-electron chi connectivity index (χ0n) is 23.1. The smallest absolute Gasteiger partial charge is 0.412 e. The number of hydrogen-bond donors (Lipinski definition) is 1. The molecule has 0 fully saturated rings. The molecule has 2 rings (SSSR count). The van der Waals surface area contributed by atoms with Crippen molar-refractivity contribution in [3.05, 3.63) is 58.7 Å². The van der Waals surface area contributed by atoms with E-state index in [2.05, 4.69) is 45.1 Å². The molecule has 5 heteroatoms. The average Bonchev–Trinajstić information content (AvgIpc) is 2.82. The van der Waals surface area contributed by atoms with Crippen LogP contribution in [0.1, 0.15) is 113 Å². The molecule has 0 spiro atoms. The van der Waals surface area contributed by atoms with Crippen molar-refractivity contribution in [1.82, 2.24) is 5.32 Å². The van der Waals surface area contributed by atoms with Crippen LogP contribution in [0.4, 0.5) is 4.79 Å². The number of aryl methyl sites for hydroxylation is 2. The Morgan fingerprint density at radius 3 is 1.69 bits per heavy atom. The van der Waals surface area contributed by atoms with Crippen LogP contribution in [0.3, 0.4) is 0 Å². The molecule has 0 aromatic heterocycles. The quantitative estimate of drug-likeness (QED) is 0.162. The van der Waals surface area contributed by atoms with E-state index >= 15 is 0 Å². The van der Waals surface area contributed by atoms with Crippen LogP contribution >= 0.6 is 0 Å². The van der Waals surface area contributed by atoms with Crippen molar-refractivity contribution in [1.29, 1.82) is 0 Å². The van der Waals surface area contributed by atoms with Crippen LogP contribution in [0.5, 0.6) is 11.5 Å². The van der Waals surface area contributed by atoms with Gasteiger partial charge in [-0.3, -0.25) is 4.79 Å². The van der Waals surface area contributed by atoms with Gasteiger partial charge in [0.05, 0.1) is 0 Å². The van der Waals surface area contributed by atoms with Gasteiger partial charge in [0.15, 0.2) is 0 Å². The lowest BCUT2D eigenvalue weighted by molar-refractivity contribution is -0.134. The van der Waals surface area contributed by atoms with E-state index in [9.17, 15) is 9.59 Å². The highest BCUT2D eigenvalue weighted by Gasteiger charge is 2.11. The molecule has 0 heterocycles. The first-order valence-electron chi connectivity index (χ1n) is 13.5. The van der Waals surface area contributed by atoms with Crippen LogP contribution in [0, 0.1) is 13.8 Å². The van der Waals surface area contributed by atoms with Crippen molar-refractivity contribution >= 4 is 12.1 Å². The number of esters is 1. The van der Waals surface area contributed by atoms with Gasteiger partial charge in [-0.05, 0) is 72.9 Å². The monoisotopic (exact) mass is 495 g/mol. The molecule has 2 aromatic rings. The van der Waals surface area contributed by atoms with E-state index in [0.717, 1.165) is 61.6 Å². The van der Waals surface area contributed by atoms with E-state index in [4.69, 9.17) is 9.47 Å². The van der Waals surface area contributed by atoms with Gasteiger partial charge in [-0.2, -0.15) is 0 Å². The summed E-state index contributed by atoms with van der Waals surface area (Å²) in [5.41, 5.74) is 4.29. The molecule has 0 unspecified atom stereocenters. The summed E-state index contributed by atoms with van der Waals surface area (Å²) in [5.74, 6) is 1.96. The molecule has 36 heavy (non-hydrogen) atoms. The zero-order valence-corrected chi connectivity index (χ0v) is 23.1. The lowest BCUT2D eigenvalue weighted by Crippen LogP contribution is -2.28. The molecule has 1 amide bonds. The number of hydrogen-bond acceptors (Lipinski definition) is 4. The SMILES string of the molecule is Cc1ccc(C(C)C)cc1OC(=O)CCCCCCCCCNC(=O)Oc1cc(C(C)C)ccc1C. The Hall–Kier alpha value is -2.82. The van der Waals surface area contributed by atoms with Crippen LogP contribution in [-0.4, -0.2) is 18.6 Å². The first-order valence-corrected chi connectivity index (χ1v) is 13.5. The molecular formula is C31H45NO4. The van der Waals surface area contributed by atoms with Crippen molar-refractivity contribution in [2.75, 3.05) is 6.54 Å². The second-order valence-corrected chi connectivity index (χ2v) is 10.4. The molecule has 1 N–H and O–H groups in total. The van der Waals surface area contributed by atoms with E-state index in [1.807, 2.05) is 38.1 Å². The number of unbranched alkanes of at least 4 members (excludes halogenated alkanes) is 6. The van der Waals surface area contributed by atoms with Crippen LogP contribution in [0.2, 0.25) is 0 Å². The van der Waals surface area contributed by atoms with E-state index < -0.39 is 6.09 Å². The molecule has 198 valence electrons. The molecule has 0 bridgehead atoms. The van der Waals surface area contributed by atoms with Gasteiger partial charge in [0.25, 0.3) is 0 Å². The number of carbonyl (C=O) groups excluding carboxylic acids is 2. The normalized spacial score (nSPS) is 11.1. The number of ether oxygens (including phenoxy) is 2. The van der Waals surface area contributed by atoms with Crippen molar-refractivity contribution in [3.63, 3.8) is 0 Å². The summed E-state index contributed by atoms with van der Waals surface area (Å²) in [6, 6.07) is 12.1. The summed E-state index contributed by atoms with van der Waals surface area (Å²) in [5, 5.41) is 2.85. The fourth-order valence-corrected chi connectivity index (χ4v) is 3.95. The summed E-state index contributed by atoms with van der Waals surface area (Å²) in [4.78, 5) is 24.3. The summed E-state index contributed by atoms with van der Waals surface area (Å²) >= 11 is 0. The minimum absolute atomic E-state index is 0.150. The first kappa shape index (κ1) is 29.4. The molecule has 5 nitrogen and oxygen atoms in total. The summed E-state index contributed by atoms with van der Waals surface area (Å²) in [6.45, 7) is 13.0. The highest BCUT2D eigenvalue weighted by Crippen LogP contribution is 2.25. The number of benzene rings is 2. The van der Waals surface area contributed by atoms with Gasteiger partial charge < -0.3 is 14.8 Å². The van der Waals surface area contributed by atoms with Gasteiger partial charge >= 0.3 is 12.1 Å². The predicted octanol–water partition coefficient (Wildman–Crippen LogP) is 8.37. The van der Waals surface area contributed by atoms with Gasteiger partial charge in [0.2, 0.25) is 0 Å². The van der Waals surface area contributed by atoms with Crippen LogP contribution < -0.4 is 14.8 Å². The van der Waals surface area contributed by atoms with E-state index in [0.29, 0.717) is 36.3 Å². The maximum atomic E-state index is 12.2. The third-order valence-electron chi connectivity index (χ3n) is 6.51. The maximum absolute atomic E-state index is 12.2. The van der Waals surface area contributed by atoms with E-state index in [1.165, 1.54) is 5.56 Å². The van der Waals surface area contributed by atoms with Gasteiger partial charge in [0, 0.05) is 13.0 Å². The van der Waals surface area contributed by atoms with Crippen molar-refractivity contribution in [3.8, 4) is 11.5 Å². The second-order valence-electron chi connectivity index (χ2n) is 10.4. The molecule has 0 saturated carbocycles. The number of nitrogens with one attached hydrogen (secondary N) is 1. The highest BCUT2D eigenvalue weighted by molar-refractivity contribution is 5.73.